The van der Waals surface area contributed by atoms with E-state index in [1.165, 1.54) is 12.1 Å². The van der Waals surface area contributed by atoms with Crippen LogP contribution in [0.1, 0.15) is 21.5 Å². The van der Waals surface area contributed by atoms with Crippen LogP contribution in [0.25, 0.3) is 0 Å². The summed E-state index contributed by atoms with van der Waals surface area (Å²) in [5.74, 6) is -0.619. The van der Waals surface area contributed by atoms with Gasteiger partial charge in [-0.25, -0.2) is 0 Å². The first-order valence-electron chi connectivity index (χ1n) is 6.72. The highest BCUT2D eigenvalue weighted by molar-refractivity contribution is 5.76. The highest BCUT2D eigenvalue weighted by Gasteiger charge is 2.32. The van der Waals surface area contributed by atoms with E-state index in [0.29, 0.717) is 11.6 Å². The maximum Gasteiger partial charge on any atom is 0.573 e. The van der Waals surface area contributed by atoms with Gasteiger partial charge in [0.05, 0.1) is 5.56 Å². The molecule has 134 valence electrons. The van der Waals surface area contributed by atoms with Gasteiger partial charge in [-0.15, -0.1) is 13.2 Å². The van der Waals surface area contributed by atoms with E-state index in [0.717, 1.165) is 24.3 Å². The second kappa shape index (κ2) is 7.04. The van der Waals surface area contributed by atoms with Crippen LogP contribution in [0.5, 0.6) is 11.5 Å². The lowest BCUT2D eigenvalue weighted by atomic mass is 10.1. The first kappa shape index (κ1) is 18.6. The van der Waals surface area contributed by atoms with Crippen LogP contribution in [0.15, 0.2) is 42.5 Å². The van der Waals surface area contributed by atoms with Gasteiger partial charge in [-0.3, -0.25) is 4.79 Å². The molecule has 2 rings (SSSR count). The Labute approximate surface area is 137 Å². The summed E-state index contributed by atoms with van der Waals surface area (Å²) in [5, 5.41) is 0. The Bertz CT molecular complexity index is 735. The van der Waals surface area contributed by atoms with E-state index in [9.17, 15) is 31.1 Å². The third kappa shape index (κ3) is 5.70. The van der Waals surface area contributed by atoms with Gasteiger partial charge in [0, 0.05) is 5.56 Å². The van der Waals surface area contributed by atoms with Gasteiger partial charge in [-0.1, -0.05) is 12.1 Å². The molecule has 0 N–H and O–H groups in total. The van der Waals surface area contributed by atoms with Crippen molar-refractivity contribution in [1.82, 2.24) is 0 Å². The van der Waals surface area contributed by atoms with E-state index >= 15 is 0 Å². The summed E-state index contributed by atoms with van der Waals surface area (Å²) in [7, 11) is 0. The molecule has 0 bridgehead atoms. The number of carbonyl (C=O) groups is 1. The van der Waals surface area contributed by atoms with Crippen LogP contribution in [0.4, 0.5) is 26.3 Å². The quantitative estimate of drug-likeness (QED) is 0.554. The molecule has 0 atom stereocenters. The van der Waals surface area contributed by atoms with Crippen molar-refractivity contribution >= 4 is 6.29 Å². The number of carbonyl (C=O) groups excluding carboxylic acids is 1. The highest BCUT2D eigenvalue weighted by atomic mass is 19.4. The minimum atomic E-state index is -4.82. The lowest BCUT2D eigenvalue weighted by molar-refractivity contribution is -0.274. The Balaban J connectivity index is 2.09. The van der Waals surface area contributed by atoms with E-state index in [1.807, 2.05) is 0 Å². The zero-order chi connectivity index (χ0) is 18.7. The molecular weight excluding hydrogens is 354 g/mol. The van der Waals surface area contributed by atoms with Gasteiger partial charge in [0.15, 0.2) is 0 Å². The number of hydrogen-bond donors (Lipinski definition) is 0. The Morgan fingerprint density at radius 1 is 0.880 bits per heavy atom. The molecule has 0 amide bonds. The third-order valence-corrected chi connectivity index (χ3v) is 2.95. The molecule has 0 heterocycles. The van der Waals surface area contributed by atoms with Crippen molar-refractivity contribution in [2.45, 2.75) is 19.1 Å². The Morgan fingerprint density at radius 2 is 1.52 bits per heavy atom. The van der Waals surface area contributed by atoms with Gasteiger partial charge in [-0.2, -0.15) is 13.2 Å². The lowest BCUT2D eigenvalue weighted by Crippen LogP contribution is -2.17. The van der Waals surface area contributed by atoms with Gasteiger partial charge in [0.2, 0.25) is 0 Å². The summed E-state index contributed by atoms with van der Waals surface area (Å²) in [6.45, 7) is -0.202. The molecule has 0 saturated heterocycles. The van der Waals surface area contributed by atoms with E-state index in [2.05, 4.69) is 4.74 Å². The predicted molar refractivity (Wildman–Crippen MR) is 74.3 cm³/mol. The van der Waals surface area contributed by atoms with Crippen molar-refractivity contribution in [3.05, 3.63) is 59.2 Å². The minimum Gasteiger partial charge on any atom is -0.489 e. The van der Waals surface area contributed by atoms with E-state index < -0.39 is 23.9 Å². The van der Waals surface area contributed by atoms with Crippen LogP contribution in [0.2, 0.25) is 0 Å². The number of rotatable bonds is 5. The van der Waals surface area contributed by atoms with Crippen LogP contribution >= 0.6 is 0 Å². The molecule has 2 aromatic rings. The molecule has 3 nitrogen and oxygen atoms in total. The smallest absolute Gasteiger partial charge is 0.489 e. The number of alkyl halides is 6. The Hall–Kier alpha value is -2.71. The van der Waals surface area contributed by atoms with Crippen molar-refractivity contribution in [2.24, 2.45) is 0 Å². The molecule has 2 aromatic carbocycles. The van der Waals surface area contributed by atoms with E-state index in [1.54, 1.807) is 0 Å². The van der Waals surface area contributed by atoms with Crippen LogP contribution < -0.4 is 9.47 Å². The number of benzene rings is 2. The normalized spacial score (nSPS) is 11.9. The fourth-order valence-corrected chi connectivity index (χ4v) is 1.89. The highest BCUT2D eigenvalue weighted by Crippen LogP contribution is 2.32. The van der Waals surface area contributed by atoms with Crippen molar-refractivity contribution in [3.8, 4) is 11.5 Å². The van der Waals surface area contributed by atoms with Crippen LogP contribution in [0.3, 0.4) is 0 Å². The molecule has 9 heteroatoms. The van der Waals surface area contributed by atoms with E-state index in [-0.39, 0.29) is 24.2 Å². The summed E-state index contributed by atoms with van der Waals surface area (Å²) < 4.78 is 83.3. The SMILES string of the molecule is O=Cc1cc(OCc2ccc(OC(F)(F)F)cc2)cc(C(F)(F)F)c1. The summed E-state index contributed by atoms with van der Waals surface area (Å²) in [6.07, 6.45) is -9.21. The summed E-state index contributed by atoms with van der Waals surface area (Å²) >= 11 is 0. The zero-order valence-electron chi connectivity index (χ0n) is 12.3. The fraction of sp³-hybridized carbons (Fsp3) is 0.188. The monoisotopic (exact) mass is 364 g/mol. The van der Waals surface area contributed by atoms with Gasteiger partial charge >= 0.3 is 12.5 Å². The maximum absolute atomic E-state index is 12.7. The van der Waals surface area contributed by atoms with Crippen molar-refractivity contribution in [3.63, 3.8) is 0 Å². The molecule has 0 unspecified atom stereocenters. The number of hydrogen-bond acceptors (Lipinski definition) is 3. The topological polar surface area (TPSA) is 35.5 Å². The Kier molecular flexibility index (Phi) is 5.24. The molecular formula is C16H10F6O3. The first-order valence-corrected chi connectivity index (χ1v) is 6.72. The molecule has 0 fully saturated rings. The second-order valence-electron chi connectivity index (χ2n) is 4.89. The summed E-state index contributed by atoms with van der Waals surface area (Å²) in [6, 6.07) is 7.19. The van der Waals surface area contributed by atoms with Crippen molar-refractivity contribution in [2.75, 3.05) is 0 Å². The Morgan fingerprint density at radius 3 is 2.04 bits per heavy atom. The number of aldehydes is 1. The molecule has 25 heavy (non-hydrogen) atoms. The van der Waals surface area contributed by atoms with Crippen molar-refractivity contribution in [1.29, 1.82) is 0 Å². The van der Waals surface area contributed by atoms with Gasteiger partial charge in [-0.05, 0) is 35.9 Å². The van der Waals surface area contributed by atoms with Crippen LogP contribution in [0, 0.1) is 0 Å². The lowest BCUT2D eigenvalue weighted by Gasteiger charge is -2.12. The zero-order valence-corrected chi connectivity index (χ0v) is 12.3. The number of halogens is 6. The molecule has 0 radical (unpaired) electrons. The van der Waals surface area contributed by atoms with Gasteiger partial charge in [0.1, 0.15) is 24.4 Å². The van der Waals surface area contributed by atoms with Gasteiger partial charge in [0.25, 0.3) is 0 Å². The molecule has 0 aliphatic heterocycles. The van der Waals surface area contributed by atoms with Gasteiger partial charge < -0.3 is 9.47 Å². The summed E-state index contributed by atoms with van der Waals surface area (Å²) in [5.41, 5.74) is -0.848. The average molecular weight is 364 g/mol. The molecule has 0 spiro atoms. The average Bonchev–Trinajstić information content (AvgIpc) is 2.51. The maximum atomic E-state index is 12.7. The van der Waals surface area contributed by atoms with Crippen molar-refractivity contribution < 1.29 is 40.6 Å². The largest absolute Gasteiger partial charge is 0.573 e. The number of ether oxygens (including phenoxy) is 2. The minimum absolute atomic E-state index is 0.187. The molecule has 0 aliphatic rings. The second-order valence-corrected chi connectivity index (χ2v) is 4.89. The van der Waals surface area contributed by atoms with Crippen LogP contribution in [-0.2, 0) is 12.8 Å². The summed E-state index contributed by atoms with van der Waals surface area (Å²) in [4.78, 5) is 10.7. The standard InChI is InChI=1S/C16H10F6O3/c17-15(18,19)12-5-11(8-23)6-14(7-12)24-9-10-1-3-13(4-2-10)25-16(20,21)22/h1-8H,9H2. The third-order valence-electron chi connectivity index (χ3n) is 2.95. The predicted octanol–water partition coefficient (Wildman–Crippen LogP) is 5.00. The molecule has 0 aromatic heterocycles. The van der Waals surface area contributed by atoms with Crippen LogP contribution in [-0.4, -0.2) is 12.6 Å². The first-order chi connectivity index (χ1) is 11.6. The molecule has 0 aliphatic carbocycles. The fourth-order valence-electron chi connectivity index (χ4n) is 1.89. The van der Waals surface area contributed by atoms with E-state index in [4.69, 9.17) is 4.74 Å². The molecule has 0 saturated carbocycles.